The molecule has 1 N–H and O–H groups in total. The topological polar surface area (TPSA) is 60.9 Å². The largest absolute Gasteiger partial charge is 0.384 e. The Morgan fingerprint density at radius 3 is 2.17 bits per heavy atom. The number of hydrogen-bond donors (Lipinski definition) is 1. The molecule has 0 aliphatic carbocycles. The Morgan fingerprint density at radius 1 is 1.13 bits per heavy atom. The van der Waals surface area contributed by atoms with Crippen molar-refractivity contribution in [2.24, 2.45) is 0 Å². The van der Waals surface area contributed by atoms with Gasteiger partial charge in [0.1, 0.15) is 17.7 Å². The summed E-state index contributed by atoms with van der Waals surface area (Å²) < 4.78 is 26.9. The predicted octanol–water partition coefficient (Wildman–Crippen LogP) is 1.03. The van der Waals surface area contributed by atoms with Gasteiger partial charge >= 0.3 is 0 Å². The number of halogens is 2. The first-order chi connectivity index (χ1) is 10.9. The van der Waals surface area contributed by atoms with Crippen LogP contribution in [0.4, 0.5) is 8.78 Å². The number of nitrogens with zero attached hydrogens (tertiary/aromatic N) is 2. The van der Waals surface area contributed by atoms with E-state index in [2.05, 4.69) is 0 Å². The van der Waals surface area contributed by atoms with E-state index in [1.54, 1.807) is 0 Å². The SMILES string of the molecule is CC(O)C(=O)N1CCN(C(=O)/C=C/c2c(F)cccc2F)CC1. The molecular formula is C16H18F2N2O3. The van der Waals surface area contributed by atoms with Gasteiger partial charge in [-0.3, -0.25) is 9.59 Å². The zero-order chi connectivity index (χ0) is 17.0. The maximum absolute atomic E-state index is 13.5. The molecule has 0 bridgehead atoms. The lowest BCUT2D eigenvalue weighted by Crippen LogP contribution is -2.52. The minimum Gasteiger partial charge on any atom is -0.384 e. The Bertz CT molecular complexity index is 604. The highest BCUT2D eigenvalue weighted by atomic mass is 19.1. The monoisotopic (exact) mass is 324 g/mol. The van der Waals surface area contributed by atoms with Crippen LogP contribution < -0.4 is 0 Å². The number of piperazine rings is 1. The van der Waals surface area contributed by atoms with Crippen molar-refractivity contribution in [3.8, 4) is 0 Å². The fourth-order valence-corrected chi connectivity index (χ4v) is 2.34. The van der Waals surface area contributed by atoms with Gasteiger partial charge in [-0.15, -0.1) is 0 Å². The first-order valence-corrected chi connectivity index (χ1v) is 7.28. The predicted molar refractivity (Wildman–Crippen MR) is 80.2 cm³/mol. The molecule has 0 spiro atoms. The second-order valence-corrected chi connectivity index (χ2v) is 5.30. The van der Waals surface area contributed by atoms with Crippen molar-refractivity contribution in [1.82, 2.24) is 9.80 Å². The quantitative estimate of drug-likeness (QED) is 0.845. The molecule has 7 heteroatoms. The van der Waals surface area contributed by atoms with Crippen LogP contribution in [0.1, 0.15) is 12.5 Å². The molecule has 1 atom stereocenters. The Morgan fingerprint density at radius 2 is 1.65 bits per heavy atom. The Balaban J connectivity index is 1.95. The van der Waals surface area contributed by atoms with Gasteiger partial charge in [0, 0.05) is 37.8 Å². The Kier molecular flexibility index (Phi) is 5.44. The van der Waals surface area contributed by atoms with Gasteiger partial charge in [0.05, 0.1) is 0 Å². The lowest BCUT2D eigenvalue weighted by molar-refractivity contribution is -0.143. The smallest absolute Gasteiger partial charge is 0.251 e. The third-order valence-corrected chi connectivity index (χ3v) is 3.65. The molecular weight excluding hydrogens is 306 g/mol. The van der Waals surface area contributed by atoms with Crippen molar-refractivity contribution in [3.05, 3.63) is 41.5 Å². The molecule has 1 heterocycles. The first kappa shape index (κ1) is 17.1. The lowest BCUT2D eigenvalue weighted by Gasteiger charge is -2.34. The maximum Gasteiger partial charge on any atom is 0.251 e. The number of rotatable bonds is 3. The van der Waals surface area contributed by atoms with Gasteiger partial charge < -0.3 is 14.9 Å². The summed E-state index contributed by atoms with van der Waals surface area (Å²) in [4.78, 5) is 26.6. The maximum atomic E-state index is 13.5. The van der Waals surface area contributed by atoms with Crippen molar-refractivity contribution >= 4 is 17.9 Å². The molecule has 2 rings (SSSR count). The standard InChI is InChI=1S/C16H18F2N2O3/c1-11(21)16(23)20-9-7-19(8-10-20)15(22)6-5-12-13(17)3-2-4-14(12)18/h2-6,11,21H,7-10H2,1H3/b6-5+. The van der Waals surface area contributed by atoms with Crippen LogP contribution in [-0.2, 0) is 9.59 Å². The normalized spacial score (nSPS) is 16.7. The van der Waals surface area contributed by atoms with Crippen molar-refractivity contribution < 1.29 is 23.5 Å². The number of hydrogen-bond acceptors (Lipinski definition) is 3. The summed E-state index contributed by atoms with van der Waals surface area (Å²) in [5.74, 6) is -2.22. The van der Waals surface area contributed by atoms with Crippen LogP contribution in [0.2, 0.25) is 0 Å². The van der Waals surface area contributed by atoms with Crippen LogP contribution in [0.25, 0.3) is 6.08 Å². The average molecular weight is 324 g/mol. The minimum atomic E-state index is -1.07. The summed E-state index contributed by atoms with van der Waals surface area (Å²) in [6.45, 7) is 2.64. The molecule has 1 aliphatic rings. The van der Waals surface area contributed by atoms with Gasteiger partial charge in [0.25, 0.3) is 5.91 Å². The summed E-state index contributed by atoms with van der Waals surface area (Å²) >= 11 is 0. The average Bonchev–Trinajstić information content (AvgIpc) is 2.53. The van der Waals surface area contributed by atoms with Gasteiger partial charge in [0.15, 0.2) is 0 Å². The van der Waals surface area contributed by atoms with E-state index in [9.17, 15) is 23.5 Å². The third kappa shape index (κ3) is 4.13. The molecule has 5 nitrogen and oxygen atoms in total. The second-order valence-electron chi connectivity index (χ2n) is 5.30. The molecule has 124 valence electrons. The highest BCUT2D eigenvalue weighted by molar-refractivity contribution is 5.92. The van der Waals surface area contributed by atoms with Crippen molar-refractivity contribution in [1.29, 1.82) is 0 Å². The highest BCUT2D eigenvalue weighted by Crippen LogP contribution is 2.14. The van der Waals surface area contributed by atoms with Crippen LogP contribution in [0.5, 0.6) is 0 Å². The Labute approximate surface area is 132 Å². The van der Waals surface area contributed by atoms with Crippen LogP contribution in [0.3, 0.4) is 0 Å². The highest BCUT2D eigenvalue weighted by Gasteiger charge is 2.25. The first-order valence-electron chi connectivity index (χ1n) is 7.28. The third-order valence-electron chi connectivity index (χ3n) is 3.65. The molecule has 0 aromatic heterocycles. The summed E-state index contributed by atoms with van der Waals surface area (Å²) in [6.07, 6.45) is 1.16. The molecule has 1 unspecified atom stereocenters. The number of amides is 2. The minimum absolute atomic E-state index is 0.260. The van der Waals surface area contributed by atoms with E-state index in [4.69, 9.17) is 0 Å². The summed E-state index contributed by atoms with van der Waals surface area (Å²) in [5, 5.41) is 9.26. The molecule has 23 heavy (non-hydrogen) atoms. The van der Waals surface area contributed by atoms with Crippen LogP contribution in [0.15, 0.2) is 24.3 Å². The number of carbonyl (C=O) groups excluding carboxylic acids is 2. The van der Waals surface area contributed by atoms with Crippen LogP contribution >= 0.6 is 0 Å². The zero-order valence-corrected chi connectivity index (χ0v) is 12.7. The Hall–Kier alpha value is -2.28. The van der Waals surface area contributed by atoms with E-state index in [-0.39, 0.29) is 17.4 Å². The molecule has 1 fully saturated rings. The van der Waals surface area contributed by atoms with Crippen LogP contribution in [0, 0.1) is 11.6 Å². The van der Waals surface area contributed by atoms with Gasteiger partial charge in [-0.25, -0.2) is 8.78 Å². The number of benzene rings is 1. The van der Waals surface area contributed by atoms with Crippen molar-refractivity contribution in [3.63, 3.8) is 0 Å². The van der Waals surface area contributed by atoms with E-state index >= 15 is 0 Å². The van der Waals surface area contributed by atoms with Gasteiger partial charge in [-0.2, -0.15) is 0 Å². The molecule has 0 radical (unpaired) electrons. The van der Waals surface area contributed by atoms with Gasteiger partial charge in [0.2, 0.25) is 5.91 Å². The zero-order valence-electron chi connectivity index (χ0n) is 12.7. The molecule has 1 saturated heterocycles. The number of aliphatic hydroxyl groups is 1. The van der Waals surface area contributed by atoms with E-state index in [0.29, 0.717) is 26.2 Å². The van der Waals surface area contributed by atoms with Crippen molar-refractivity contribution in [2.75, 3.05) is 26.2 Å². The van der Waals surface area contributed by atoms with Gasteiger partial charge in [-0.05, 0) is 25.1 Å². The molecule has 1 aliphatic heterocycles. The van der Waals surface area contributed by atoms with Crippen molar-refractivity contribution in [2.45, 2.75) is 13.0 Å². The van der Waals surface area contributed by atoms with Gasteiger partial charge in [-0.1, -0.05) is 6.07 Å². The molecule has 2 amide bonds. The summed E-state index contributed by atoms with van der Waals surface area (Å²) in [6, 6.07) is 3.49. The second kappa shape index (κ2) is 7.32. The van der Waals surface area contributed by atoms with Crippen LogP contribution in [-0.4, -0.2) is 59.0 Å². The molecule has 0 saturated carbocycles. The molecule has 1 aromatic carbocycles. The van der Waals surface area contributed by atoms with E-state index in [1.165, 1.54) is 22.8 Å². The fourth-order valence-electron chi connectivity index (χ4n) is 2.34. The van der Waals surface area contributed by atoms with E-state index in [0.717, 1.165) is 24.3 Å². The molecule has 1 aromatic rings. The van der Waals surface area contributed by atoms with E-state index in [1.807, 2.05) is 0 Å². The number of aliphatic hydroxyl groups excluding tert-OH is 1. The van der Waals surface area contributed by atoms with E-state index < -0.39 is 17.7 Å². The summed E-state index contributed by atoms with van der Waals surface area (Å²) in [5.41, 5.74) is -0.260. The summed E-state index contributed by atoms with van der Waals surface area (Å²) in [7, 11) is 0. The number of carbonyl (C=O) groups is 2. The fraction of sp³-hybridized carbons (Fsp3) is 0.375. The lowest BCUT2D eigenvalue weighted by atomic mass is 10.1.